The third kappa shape index (κ3) is 5.34. The predicted octanol–water partition coefficient (Wildman–Crippen LogP) is 5.21. The minimum absolute atomic E-state index is 0.275. The number of hydrogen-bond donors (Lipinski definition) is 1. The minimum atomic E-state index is -0.275. The molecular weight excluding hydrogens is 460 g/mol. The molecular formula is C28H28N2O6. The van der Waals surface area contributed by atoms with Crippen molar-refractivity contribution in [2.45, 2.75) is 0 Å². The SMILES string of the molecule is COCCOc1cc(NC(=O)c2cc(-c3ccc(OC)c(OC)c3)nc3ccccc23)ccc1OC. The van der Waals surface area contributed by atoms with Crippen molar-refractivity contribution in [3.8, 4) is 34.3 Å². The number of rotatable bonds is 10. The van der Waals surface area contributed by atoms with E-state index < -0.39 is 0 Å². The summed E-state index contributed by atoms with van der Waals surface area (Å²) in [6.07, 6.45) is 0. The van der Waals surface area contributed by atoms with Gasteiger partial charge in [-0.25, -0.2) is 4.98 Å². The zero-order chi connectivity index (χ0) is 25.5. The lowest BCUT2D eigenvalue weighted by Crippen LogP contribution is -2.13. The van der Waals surface area contributed by atoms with Crippen LogP contribution in [-0.4, -0.2) is 52.5 Å². The summed E-state index contributed by atoms with van der Waals surface area (Å²) in [5.41, 5.74) is 3.20. The molecule has 0 aliphatic rings. The van der Waals surface area contributed by atoms with E-state index in [0.717, 1.165) is 10.9 Å². The lowest BCUT2D eigenvalue weighted by molar-refractivity contribution is 0.102. The Kier molecular flexibility index (Phi) is 7.87. The van der Waals surface area contributed by atoms with E-state index in [-0.39, 0.29) is 5.91 Å². The molecule has 0 atom stereocenters. The van der Waals surface area contributed by atoms with E-state index in [2.05, 4.69) is 5.32 Å². The van der Waals surface area contributed by atoms with Crippen LogP contribution in [0.3, 0.4) is 0 Å². The second-order valence-electron chi connectivity index (χ2n) is 7.80. The van der Waals surface area contributed by atoms with Crippen LogP contribution >= 0.6 is 0 Å². The lowest BCUT2D eigenvalue weighted by Gasteiger charge is -2.14. The van der Waals surface area contributed by atoms with Crippen LogP contribution < -0.4 is 24.3 Å². The van der Waals surface area contributed by atoms with Gasteiger partial charge in [-0.3, -0.25) is 4.79 Å². The van der Waals surface area contributed by atoms with Crippen LogP contribution in [0.5, 0.6) is 23.0 Å². The van der Waals surface area contributed by atoms with Crippen LogP contribution in [0, 0.1) is 0 Å². The Morgan fingerprint density at radius 3 is 2.25 bits per heavy atom. The van der Waals surface area contributed by atoms with Crippen molar-refractivity contribution in [1.82, 2.24) is 4.98 Å². The highest BCUT2D eigenvalue weighted by Gasteiger charge is 2.16. The van der Waals surface area contributed by atoms with Crippen molar-refractivity contribution in [2.24, 2.45) is 0 Å². The van der Waals surface area contributed by atoms with Gasteiger partial charge in [0.2, 0.25) is 0 Å². The van der Waals surface area contributed by atoms with E-state index >= 15 is 0 Å². The van der Waals surface area contributed by atoms with Gasteiger partial charge in [0.25, 0.3) is 5.91 Å². The van der Waals surface area contributed by atoms with Crippen molar-refractivity contribution < 1.29 is 28.5 Å². The standard InChI is InChI=1S/C28H28N2O6/c1-32-13-14-36-27-16-19(10-12-25(27)34-3)29-28(31)21-17-23(30-22-8-6-5-7-20(21)22)18-9-11-24(33-2)26(15-18)35-4/h5-12,15-17H,13-14H2,1-4H3,(H,29,31). The number of anilines is 1. The molecule has 0 aliphatic carbocycles. The first-order valence-electron chi connectivity index (χ1n) is 11.3. The van der Waals surface area contributed by atoms with E-state index in [0.29, 0.717) is 58.7 Å². The summed E-state index contributed by atoms with van der Waals surface area (Å²) in [4.78, 5) is 18.3. The maximum absolute atomic E-state index is 13.5. The molecule has 0 saturated carbocycles. The van der Waals surface area contributed by atoms with Crippen LogP contribution in [0.4, 0.5) is 5.69 Å². The highest BCUT2D eigenvalue weighted by Crippen LogP contribution is 2.34. The Balaban J connectivity index is 1.70. The number of amides is 1. The minimum Gasteiger partial charge on any atom is -0.493 e. The van der Waals surface area contributed by atoms with Gasteiger partial charge in [-0.2, -0.15) is 0 Å². The van der Waals surface area contributed by atoms with E-state index in [1.165, 1.54) is 0 Å². The Bertz CT molecular complexity index is 1370. The fraction of sp³-hybridized carbons (Fsp3) is 0.214. The quantitative estimate of drug-likeness (QED) is 0.307. The molecule has 1 aromatic heterocycles. The highest BCUT2D eigenvalue weighted by atomic mass is 16.5. The molecule has 0 fully saturated rings. The fourth-order valence-corrected chi connectivity index (χ4v) is 3.81. The number of fused-ring (bicyclic) bond motifs is 1. The van der Waals surface area contributed by atoms with Gasteiger partial charge >= 0.3 is 0 Å². The van der Waals surface area contributed by atoms with Crippen molar-refractivity contribution in [3.63, 3.8) is 0 Å². The summed E-state index contributed by atoms with van der Waals surface area (Å²) < 4.78 is 27.0. The first-order chi connectivity index (χ1) is 17.6. The smallest absolute Gasteiger partial charge is 0.256 e. The number of methoxy groups -OCH3 is 4. The first-order valence-corrected chi connectivity index (χ1v) is 11.3. The number of aromatic nitrogens is 1. The van der Waals surface area contributed by atoms with Gasteiger partial charge in [0, 0.05) is 29.8 Å². The zero-order valence-electron chi connectivity index (χ0n) is 20.7. The molecule has 0 spiro atoms. The number of ether oxygens (including phenoxy) is 5. The third-order valence-electron chi connectivity index (χ3n) is 5.61. The van der Waals surface area contributed by atoms with Crippen LogP contribution in [0.15, 0.2) is 66.7 Å². The number of benzene rings is 3. The predicted molar refractivity (Wildman–Crippen MR) is 139 cm³/mol. The molecule has 1 heterocycles. The fourth-order valence-electron chi connectivity index (χ4n) is 3.81. The van der Waals surface area contributed by atoms with Gasteiger partial charge in [-0.15, -0.1) is 0 Å². The van der Waals surface area contributed by atoms with Crippen LogP contribution in [0.1, 0.15) is 10.4 Å². The maximum atomic E-state index is 13.5. The number of hydrogen-bond acceptors (Lipinski definition) is 7. The molecule has 0 saturated heterocycles. The molecule has 0 radical (unpaired) electrons. The Labute approximate surface area is 209 Å². The lowest BCUT2D eigenvalue weighted by atomic mass is 10.0. The summed E-state index contributed by atoms with van der Waals surface area (Å²) in [5.74, 6) is 1.99. The van der Waals surface area contributed by atoms with Crippen LogP contribution in [-0.2, 0) is 4.74 Å². The highest BCUT2D eigenvalue weighted by molar-refractivity contribution is 6.13. The molecule has 3 aromatic carbocycles. The maximum Gasteiger partial charge on any atom is 0.256 e. The molecule has 8 nitrogen and oxygen atoms in total. The Hall–Kier alpha value is -4.30. The summed E-state index contributed by atoms with van der Waals surface area (Å²) in [6.45, 7) is 0.787. The monoisotopic (exact) mass is 488 g/mol. The topological polar surface area (TPSA) is 88.1 Å². The zero-order valence-corrected chi connectivity index (χ0v) is 20.7. The second-order valence-corrected chi connectivity index (χ2v) is 7.80. The summed E-state index contributed by atoms with van der Waals surface area (Å²) >= 11 is 0. The molecule has 1 N–H and O–H groups in total. The van der Waals surface area contributed by atoms with Crippen molar-refractivity contribution >= 4 is 22.5 Å². The largest absolute Gasteiger partial charge is 0.493 e. The second kappa shape index (κ2) is 11.4. The van der Waals surface area contributed by atoms with Crippen LogP contribution in [0.2, 0.25) is 0 Å². The van der Waals surface area contributed by atoms with Gasteiger partial charge in [0.05, 0.1) is 44.7 Å². The molecule has 186 valence electrons. The molecule has 36 heavy (non-hydrogen) atoms. The number of pyridine rings is 1. The van der Waals surface area contributed by atoms with Crippen molar-refractivity contribution in [2.75, 3.05) is 47.0 Å². The average Bonchev–Trinajstić information content (AvgIpc) is 2.92. The number of carbonyl (C=O) groups is 1. The van der Waals surface area contributed by atoms with Crippen LogP contribution in [0.25, 0.3) is 22.2 Å². The van der Waals surface area contributed by atoms with E-state index in [4.69, 9.17) is 28.7 Å². The Morgan fingerprint density at radius 1 is 0.778 bits per heavy atom. The Morgan fingerprint density at radius 2 is 1.50 bits per heavy atom. The molecule has 0 unspecified atom stereocenters. The average molecular weight is 489 g/mol. The summed E-state index contributed by atoms with van der Waals surface area (Å²) in [6, 6.07) is 20.1. The molecule has 8 heteroatoms. The number of nitrogens with zero attached hydrogens (tertiary/aromatic N) is 1. The molecule has 0 bridgehead atoms. The summed E-state index contributed by atoms with van der Waals surface area (Å²) in [5, 5.41) is 3.71. The number of para-hydroxylation sites is 1. The van der Waals surface area contributed by atoms with E-state index in [9.17, 15) is 4.79 Å². The van der Waals surface area contributed by atoms with Crippen molar-refractivity contribution in [3.05, 3.63) is 72.3 Å². The van der Waals surface area contributed by atoms with Gasteiger partial charge in [-0.05, 0) is 42.5 Å². The number of nitrogens with one attached hydrogen (secondary N) is 1. The van der Waals surface area contributed by atoms with E-state index in [1.807, 2.05) is 42.5 Å². The molecule has 1 amide bonds. The molecule has 4 aromatic rings. The first kappa shape index (κ1) is 24.8. The molecule has 0 aliphatic heterocycles. The van der Waals surface area contributed by atoms with E-state index in [1.54, 1.807) is 52.7 Å². The van der Waals surface area contributed by atoms with Gasteiger partial charge in [0.1, 0.15) is 6.61 Å². The van der Waals surface area contributed by atoms with Gasteiger partial charge in [-0.1, -0.05) is 18.2 Å². The number of carbonyl (C=O) groups excluding carboxylic acids is 1. The summed E-state index contributed by atoms with van der Waals surface area (Å²) in [7, 11) is 6.33. The normalized spacial score (nSPS) is 10.7. The van der Waals surface area contributed by atoms with Gasteiger partial charge < -0.3 is 29.0 Å². The van der Waals surface area contributed by atoms with Gasteiger partial charge in [0.15, 0.2) is 23.0 Å². The van der Waals surface area contributed by atoms with Crippen molar-refractivity contribution in [1.29, 1.82) is 0 Å². The third-order valence-corrected chi connectivity index (χ3v) is 5.61. The molecule has 4 rings (SSSR count).